The van der Waals surface area contributed by atoms with E-state index < -0.39 is 10.0 Å². The Morgan fingerprint density at radius 1 is 1.09 bits per heavy atom. The summed E-state index contributed by atoms with van der Waals surface area (Å²) in [5, 5.41) is 10.2. The van der Waals surface area contributed by atoms with E-state index in [9.17, 15) is 17.9 Å². The lowest BCUT2D eigenvalue weighted by Crippen LogP contribution is -2.67. The highest BCUT2D eigenvalue weighted by Crippen LogP contribution is 2.43. The number of hydrogen-bond acceptors (Lipinski definition) is 5. The summed E-state index contributed by atoms with van der Waals surface area (Å²) in [7, 11) is -1.95. The molecule has 2 aliphatic heterocycles. The smallest absolute Gasteiger partial charge is 0.262 e. The number of aliphatic hydroxyl groups excluding tert-OH is 1. The SMILES string of the molecule is Cn1cnc(S(=O)(=O)N2CCCCN3[C@H](CO)[C@H](c4ccc(-c5cccc(F)c5)cc4)[C@@H]3C2)c1. The minimum absolute atomic E-state index is 0.00564. The van der Waals surface area contributed by atoms with Crippen molar-refractivity contribution >= 4 is 10.0 Å². The number of rotatable bonds is 5. The second-order valence-corrected chi connectivity index (χ2v) is 11.0. The maximum absolute atomic E-state index is 13.6. The summed E-state index contributed by atoms with van der Waals surface area (Å²) < 4.78 is 43.5. The van der Waals surface area contributed by atoms with Crippen molar-refractivity contribution in [1.82, 2.24) is 18.8 Å². The quantitative estimate of drug-likeness (QED) is 0.603. The van der Waals surface area contributed by atoms with Crippen molar-refractivity contribution in [2.45, 2.75) is 35.9 Å². The van der Waals surface area contributed by atoms with Gasteiger partial charge >= 0.3 is 0 Å². The lowest BCUT2D eigenvalue weighted by Gasteiger charge is -2.57. The third-order valence-corrected chi connectivity index (χ3v) is 8.82. The number of hydrogen-bond donors (Lipinski definition) is 1. The topological polar surface area (TPSA) is 78.7 Å². The predicted molar refractivity (Wildman–Crippen MR) is 127 cm³/mol. The first-order chi connectivity index (χ1) is 16.4. The average Bonchev–Trinajstić information content (AvgIpc) is 3.25. The molecule has 180 valence electrons. The van der Waals surface area contributed by atoms with E-state index in [1.54, 1.807) is 22.0 Å². The third kappa shape index (κ3) is 4.17. The molecule has 0 spiro atoms. The van der Waals surface area contributed by atoms with Gasteiger partial charge in [0.2, 0.25) is 0 Å². The minimum atomic E-state index is -3.70. The lowest BCUT2D eigenvalue weighted by molar-refractivity contribution is -0.0554. The minimum Gasteiger partial charge on any atom is -0.395 e. The van der Waals surface area contributed by atoms with Crippen molar-refractivity contribution in [3.8, 4) is 11.1 Å². The maximum Gasteiger partial charge on any atom is 0.262 e. The molecular weight excluding hydrogens is 455 g/mol. The molecule has 5 rings (SSSR count). The van der Waals surface area contributed by atoms with Crippen LogP contribution in [0.3, 0.4) is 0 Å². The molecule has 0 bridgehead atoms. The van der Waals surface area contributed by atoms with E-state index in [0.717, 1.165) is 36.1 Å². The van der Waals surface area contributed by atoms with Crippen LogP contribution in [-0.4, -0.2) is 70.6 Å². The van der Waals surface area contributed by atoms with Gasteiger partial charge in [0.25, 0.3) is 10.0 Å². The molecule has 0 amide bonds. The van der Waals surface area contributed by atoms with E-state index in [2.05, 4.69) is 9.88 Å². The van der Waals surface area contributed by atoms with Crippen LogP contribution in [0.4, 0.5) is 4.39 Å². The first kappa shape index (κ1) is 23.2. The van der Waals surface area contributed by atoms with E-state index in [-0.39, 0.29) is 35.5 Å². The average molecular weight is 485 g/mol. The Labute approximate surface area is 199 Å². The summed E-state index contributed by atoms with van der Waals surface area (Å²) in [6.45, 7) is 1.66. The van der Waals surface area contributed by atoms with Crippen LogP contribution < -0.4 is 0 Å². The van der Waals surface area contributed by atoms with Gasteiger partial charge < -0.3 is 9.67 Å². The highest BCUT2D eigenvalue weighted by molar-refractivity contribution is 7.89. The molecule has 0 aliphatic carbocycles. The van der Waals surface area contributed by atoms with Gasteiger partial charge in [-0.25, -0.2) is 17.8 Å². The van der Waals surface area contributed by atoms with E-state index in [1.807, 2.05) is 30.3 Å². The zero-order valence-electron chi connectivity index (χ0n) is 19.1. The molecule has 2 aromatic carbocycles. The van der Waals surface area contributed by atoms with Crippen molar-refractivity contribution < 1.29 is 17.9 Å². The normalized spacial score (nSPS) is 24.1. The Morgan fingerprint density at radius 2 is 1.85 bits per heavy atom. The summed E-state index contributed by atoms with van der Waals surface area (Å²) in [5.41, 5.74) is 2.77. The number of imidazole rings is 1. The number of aryl methyl sites for hydroxylation is 1. The molecular formula is C25H29FN4O3S. The molecule has 0 saturated carbocycles. The fraction of sp³-hybridized carbons (Fsp3) is 0.400. The molecule has 0 unspecified atom stereocenters. The fourth-order valence-corrected chi connectivity index (χ4v) is 6.81. The molecule has 9 heteroatoms. The largest absolute Gasteiger partial charge is 0.395 e. The van der Waals surface area contributed by atoms with Gasteiger partial charge in [0.1, 0.15) is 5.82 Å². The molecule has 2 aliphatic rings. The third-order valence-electron chi connectivity index (χ3n) is 7.07. The highest BCUT2D eigenvalue weighted by atomic mass is 32.2. The molecule has 7 nitrogen and oxygen atoms in total. The Hall–Kier alpha value is -2.59. The van der Waals surface area contributed by atoms with Crippen molar-refractivity contribution in [3.05, 3.63) is 72.4 Å². The molecule has 1 N–H and O–H groups in total. The maximum atomic E-state index is 13.6. The molecule has 2 saturated heterocycles. The fourth-order valence-electron chi connectivity index (χ4n) is 5.35. The Kier molecular flexibility index (Phi) is 6.28. The first-order valence-electron chi connectivity index (χ1n) is 11.6. The van der Waals surface area contributed by atoms with Gasteiger partial charge in [-0.3, -0.25) is 4.90 Å². The number of aromatic nitrogens is 2. The highest BCUT2D eigenvalue weighted by Gasteiger charge is 2.50. The molecule has 3 aromatic rings. The van der Waals surface area contributed by atoms with Gasteiger partial charge in [-0.2, -0.15) is 4.31 Å². The molecule has 2 fully saturated rings. The van der Waals surface area contributed by atoms with Crippen molar-refractivity contribution in [2.75, 3.05) is 26.2 Å². The van der Waals surface area contributed by atoms with Crippen LogP contribution in [0, 0.1) is 5.82 Å². The van der Waals surface area contributed by atoms with Gasteiger partial charge in [0, 0.05) is 44.3 Å². The van der Waals surface area contributed by atoms with Crippen LogP contribution in [0.2, 0.25) is 0 Å². The summed E-state index contributed by atoms with van der Waals surface area (Å²) >= 11 is 0. The van der Waals surface area contributed by atoms with Crippen LogP contribution in [0.1, 0.15) is 24.3 Å². The van der Waals surface area contributed by atoms with Gasteiger partial charge in [-0.15, -0.1) is 0 Å². The van der Waals surface area contributed by atoms with E-state index in [4.69, 9.17) is 0 Å². The number of halogens is 1. The number of benzene rings is 2. The summed E-state index contributed by atoms with van der Waals surface area (Å²) in [6, 6.07) is 14.4. The molecule has 0 radical (unpaired) electrons. The zero-order valence-corrected chi connectivity index (χ0v) is 19.9. The number of nitrogens with zero attached hydrogens (tertiary/aromatic N) is 4. The Balaban J connectivity index is 1.42. The first-order valence-corrected chi connectivity index (χ1v) is 13.0. The summed E-state index contributed by atoms with van der Waals surface area (Å²) in [5.74, 6) is -0.272. The number of fused-ring (bicyclic) bond motifs is 1. The summed E-state index contributed by atoms with van der Waals surface area (Å²) in [6.07, 6.45) is 4.66. The molecule has 3 atom stereocenters. The summed E-state index contributed by atoms with van der Waals surface area (Å²) in [4.78, 5) is 6.33. The van der Waals surface area contributed by atoms with E-state index >= 15 is 0 Å². The van der Waals surface area contributed by atoms with E-state index in [0.29, 0.717) is 13.1 Å². The van der Waals surface area contributed by atoms with Crippen molar-refractivity contribution in [2.24, 2.45) is 7.05 Å². The second-order valence-electron chi connectivity index (χ2n) is 9.16. The number of sulfonamides is 1. The van der Waals surface area contributed by atoms with Crippen LogP contribution in [0.15, 0.2) is 66.1 Å². The van der Waals surface area contributed by atoms with Crippen LogP contribution in [0.25, 0.3) is 11.1 Å². The van der Waals surface area contributed by atoms with Gasteiger partial charge in [-0.1, -0.05) is 36.4 Å². The van der Waals surface area contributed by atoms with Gasteiger partial charge in [0.15, 0.2) is 5.03 Å². The molecule has 34 heavy (non-hydrogen) atoms. The monoisotopic (exact) mass is 484 g/mol. The second kappa shape index (κ2) is 9.22. The van der Waals surface area contributed by atoms with Crippen molar-refractivity contribution in [3.63, 3.8) is 0 Å². The number of aliphatic hydroxyl groups is 1. The lowest BCUT2D eigenvalue weighted by atomic mass is 9.74. The van der Waals surface area contributed by atoms with Crippen LogP contribution >= 0.6 is 0 Å². The standard InChI is InChI=1S/C25H29FN4O3S/c1-28-15-24(27-17-28)34(32,33)29-11-2-3-12-30-22(14-29)25(23(30)16-31)19-9-7-18(8-10-19)20-5-4-6-21(26)13-20/h4-10,13,15,17,22-23,25,31H,2-3,11-12,14,16H2,1H3/t22-,23+,25+/m0/s1. The van der Waals surface area contributed by atoms with Crippen molar-refractivity contribution in [1.29, 1.82) is 0 Å². The molecule has 3 heterocycles. The van der Waals surface area contributed by atoms with Crippen LogP contribution in [0.5, 0.6) is 0 Å². The predicted octanol–water partition coefficient (Wildman–Crippen LogP) is 2.84. The Bertz CT molecular complexity index is 1260. The zero-order chi connectivity index (χ0) is 23.9. The molecule has 1 aromatic heterocycles. The van der Waals surface area contributed by atoms with Gasteiger partial charge in [0.05, 0.1) is 12.9 Å². The van der Waals surface area contributed by atoms with Crippen LogP contribution in [-0.2, 0) is 17.1 Å². The Morgan fingerprint density at radius 3 is 2.53 bits per heavy atom. The van der Waals surface area contributed by atoms with E-state index in [1.165, 1.54) is 24.7 Å². The van der Waals surface area contributed by atoms with Gasteiger partial charge in [-0.05, 0) is 48.2 Å².